The lowest BCUT2D eigenvalue weighted by Gasteiger charge is -2.29. The van der Waals surface area contributed by atoms with Crippen LogP contribution in [0.25, 0.3) is 0 Å². The van der Waals surface area contributed by atoms with Crippen molar-refractivity contribution in [3.05, 3.63) is 42.1 Å². The molecule has 1 N–H and O–H groups in total. The monoisotopic (exact) mass is 409 g/mol. The Bertz CT molecular complexity index is 864. The number of amides is 1. The maximum absolute atomic E-state index is 12.2. The lowest BCUT2D eigenvalue weighted by molar-refractivity contribution is 0.177. The van der Waals surface area contributed by atoms with Crippen LogP contribution in [0.15, 0.2) is 36.5 Å². The molecule has 0 radical (unpaired) electrons. The second-order valence-corrected chi connectivity index (χ2v) is 8.50. The number of carbonyl (C=O) groups is 1. The van der Waals surface area contributed by atoms with Gasteiger partial charge in [-0.05, 0) is 55.9 Å². The summed E-state index contributed by atoms with van der Waals surface area (Å²) in [7, 11) is 0. The Balaban J connectivity index is 1.45. The normalized spacial score (nSPS) is 20.4. The zero-order valence-corrected chi connectivity index (χ0v) is 18.0. The predicted octanol–water partition coefficient (Wildman–Crippen LogP) is 4.62. The average Bonchev–Trinajstić information content (AvgIpc) is 3.16. The van der Waals surface area contributed by atoms with E-state index in [-0.39, 0.29) is 24.1 Å². The Kier molecular flexibility index (Phi) is 6.06. The fourth-order valence-corrected chi connectivity index (χ4v) is 4.15. The Labute approximate surface area is 178 Å². The van der Waals surface area contributed by atoms with Gasteiger partial charge < -0.3 is 15.0 Å². The summed E-state index contributed by atoms with van der Waals surface area (Å²) in [6, 6.07) is 10.5. The number of cyclic esters (lactones) is 1. The molecule has 0 bridgehead atoms. The van der Waals surface area contributed by atoms with E-state index in [1.807, 2.05) is 0 Å². The Morgan fingerprint density at radius 3 is 2.50 bits per heavy atom. The van der Waals surface area contributed by atoms with Gasteiger partial charge in [-0.1, -0.05) is 26.0 Å². The van der Waals surface area contributed by atoms with Gasteiger partial charge in [-0.15, -0.1) is 0 Å². The quantitative estimate of drug-likeness (QED) is 0.751. The zero-order valence-electron chi connectivity index (χ0n) is 18.0. The number of anilines is 3. The van der Waals surface area contributed by atoms with Gasteiger partial charge in [0.1, 0.15) is 12.4 Å². The molecule has 1 amide bonds. The highest BCUT2D eigenvalue weighted by molar-refractivity contribution is 5.89. The summed E-state index contributed by atoms with van der Waals surface area (Å²) in [5.41, 5.74) is 2.46. The van der Waals surface area contributed by atoms with Gasteiger partial charge in [-0.2, -0.15) is 4.98 Å². The van der Waals surface area contributed by atoms with Crippen molar-refractivity contribution in [1.29, 1.82) is 0 Å². The molecule has 7 nitrogen and oxygen atoms in total. The molecular weight excluding hydrogens is 378 g/mol. The van der Waals surface area contributed by atoms with Crippen LogP contribution in [0.4, 0.5) is 22.2 Å². The van der Waals surface area contributed by atoms with Gasteiger partial charge in [0.15, 0.2) is 0 Å². The van der Waals surface area contributed by atoms with Crippen LogP contribution >= 0.6 is 0 Å². The molecular formula is C23H31N5O2. The summed E-state index contributed by atoms with van der Waals surface area (Å²) >= 11 is 0. The van der Waals surface area contributed by atoms with Crippen LogP contribution in [0.5, 0.6) is 0 Å². The van der Waals surface area contributed by atoms with Gasteiger partial charge in [0.05, 0.1) is 12.1 Å². The number of piperidine rings is 1. The molecule has 30 heavy (non-hydrogen) atoms. The zero-order chi connectivity index (χ0) is 21.1. The van der Waals surface area contributed by atoms with Crippen LogP contribution in [0, 0.1) is 5.92 Å². The summed E-state index contributed by atoms with van der Waals surface area (Å²) in [5.74, 6) is 1.35. The molecule has 2 saturated heterocycles. The van der Waals surface area contributed by atoms with Gasteiger partial charge in [0.25, 0.3) is 0 Å². The van der Waals surface area contributed by atoms with Crippen molar-refractivity contribution in [3.63, 3.8) is 0 Å². The van der Waals surface area contributed by atoms with Crippen molar-refractivity contribution in [1.82, 2.24) is 9.97 Å². The molecule has 2 atom stereocenters. The Morgan fingerprint density at radius 2 is 1.80 bits per heavy atom. The van der Waals surface area contributed by atoms with Gasteiger partial charge in [0, 0.05) is 25.0 Å². The standard InChI is InChI=1S/C23H31N5O2/c1-16(2)20-15-30-23(29)28(20)21-11-12-24-22(26-21)25-17(3)18-7-9-19(10-8-18)27-13-5-4-6-14-27/h7-12,16-17,20H,4-6,13-15H2,1-3H3,(H,24,25,26)/t17-,20?/m0/s1. The third-order valence-corrected chi connectivity index (χ3v) is 6.02. The van der Waals surface area contributed by atoms with Crippen LogP contribution in [0.2, 0.25) is 0 Å². The number of hydrogen-bond acceptors (Lipinski definition) is 6. The number of nitrogens with zero attached hydrogens (tertiary/aromatic N) is 4. The molecule has 1 aromatic carbocycles. The average molecular weight is 410 g/mol. The molecule has 2 aliphatic rings. The lowest BCUT2D eigenvalue weighted by Crippen LogP contribution is -2.37. The Morgan fingerprint density at radius 1 is 1.07 bits per heavy atom. The molecule has 0 spiro atoms. The van der Waals surface area contributed by atoms with Crippen LogP contribution in [0.3, 0.4) is 0 Å². The number of hydrogen-bond donors (Lipinski definition) is 1. The predicted molar refractivity (Wildman–Crippen MR) is 119 cm³/mol. The largest absolute Gasteiger partial charge is 0.447 e. The smallest absolute Gasteiger partial charge is 0.415 e. The highest BCUT2D eigenvalue weighted by Crippen LogP contribution is 2.27. The molecule has 1 unspecified atom stereocenters. The molecule has 7 heteroatoms. The first-order chi connectivity index (χ1) is 14.5. The molecule has 4 rings (SSSR count). The van der Waals surface area contributed by atoms with Crippen molar-refractivity contribution >= 4 is 23.5 Å². The topological polar surface area (TPSA) is 70.6 Å². The first kappa shape index (κ1) is 20.4. The van der Waals surface area contributed by atoms with Crippen LogP contribution in [-0.4, -0.2) is 41.8 Å². The molecule has 1 aromatic heterocycles. The molecule has 2 fully saturated rings. The number of ether oxygens (including phenoxy) is 1. The van der Waals surface area contributed by atoms with Gasteiger partial charge in [-0.3, -0.25) is 4.90 Å². The molecule has 160 valence electrons. The van der Waals surface area contributed by atoms with Crippen LogP contribution in [0.1, 0.15) is 51.6 Å². The third-order valence-electron chi connectivity index (χ3n) is 6.02. The number of benzene rings is 1. The van der Waals surface area contributed by atoms with E-state index in [4.69, 9.17) is 4.74 Å². The number of carbonyl (C=O) groups excluding carboxylic acids is 1. The highest BCUT2D eigenvalue weighted by Gasteiger charge is 2.37. The summed E-state index contributed by atoms with van der Waals surface area (Å²) < 4.78 is 5.25. The highest BCUT2D eigenvalue weighted by atomic mass is 16.6. The summed E-state index contributed by atoms with van der Waals surface area (Å²) in [6.45, 7) is 8.93. The van der Waals surface area contributed by atoms with E-state index in [0.29, 0.717) is 18.4 Å². The van der Waals surface area contributed by atoms with Crippen LogP contribution in [-0.2, 0) is 4.74 Å². The van der Waals surface area contributed by atoms with Crippen molar-refractivity contribution < 1.29 is 9.53 Å². The summed E-state index contributed by atoms with van der Waals surface area (Å²) in [4.78, 5) is 25.3. The second kappa shape index (κ2) is 8.90. The number of rotatable bonds is 6. The minimum atomic E-state index is -0.348. The van der Waals surface area contributed by atoms with E-state index in [1.54, 1.807) is 17.2 Å². The molecule has 3 heterocycles. The van der Waals surface area contributed by atoms with Crippen molar-refractivity contribution in [2.75, 3.05) is 34.8 Å². The summed E-state index contributed by atoms with van der Waals surface area (Å²) in [6.07, 6.45) is 5.21. The fraction of sp³-hybridized carbons (Fsp3) is 0.522. The van der Waals surface area contributed by atoms with Gasteiger partial charge in [0.2, 0.25) is 5.95 Å². The van der Waals surface area contributed by atoms with E-state index in [9.17, 15) is 4.79 Å². The summed E-state index contributed by atoms with van der Waals surface area (Å²) in [5, 5.41) is 3.37. The second-order valence-electron chi connectivity index (χ2n) is 8.50. The first-order valence-electron chi connectivity index (χ1n) is 10.9. The van der Waals surface area contributed by atoms with E-state index in [2.05, 4.69) is 65.2 Å². The maximum Gasteiger partial charge on any atom is 0.415 e. The van der Waals surface area contributed by atoms with Crippen LogP contribution < -0.4 is 15.1 Å². The Hall–Kier alpha value is -2.83. The lowest BCUT2D eigenvalue weighted by atomic mass is 10.0. The first-order valence-corrected chi connectivity index (χ1v) is 10.9. The molecule has 2 aliphatic heterocycles. The van der Waals surface area contributed by atoms with E-state index >= 15 is 0 Å². The minimum absolute atomic E-state index is 0.0139. The van der Waals surface area contributed by atoms with E-state index < -0.39 is 0 Å². The van der Waals surface area contributed by atoms with Crippen molar-refractivity contribution in [2.45, 2.75) is 52.1 Å². The van der Waals surface area contributed by atoms with Crippen molar-refractivity contribution in [3.8, 4) is 0 Å². The van der Waals surface area contributed by atoms with Gasteiger partial charge >= 0.3 is 6.09 Å². The number of nitrogens with one attached hydrogen (secondary N) is 1. The molecule has 2 aromatic rings. The number of aromatic nitrogens is 2. The third kappa shape index (κ3) is 4.35. The van der Waals surface area contributed by atoms with Crippen molar-refractivity contribution in [2.24, 2.45) is 5.92 Å². The van der Waals surface area contributed by atoms with E-state index in [0.717, 1.165) is 13.1 Å². The molecule has 0 aliphatic carbocycles. The SMILES string of the molecule is CC(C)C1COC(=O)N1c1ccnc(N[C@@H](C)c2ccc(N3CCCCC3)cc2)n1. The maximum atomic E-state index is 12.2. The van der Waals surface area contributed by atoms with E-state index in [1.165, 1.54) is 30.5 Å². The molecule has 0 saturated carbocycles. The van der Waals surface area contributed by atoms with Gasteiger partial charge in [-0.25, -0.2) is 9.78 Å². The fourth-order valence-electron chi connectivity index (χ4n) is 4.15. The minimum Gasteiger partial charge on any atom is -0.447 e.